The second-order valence-corrected chi connectivity index (χ2v) is 7.39. The molecule has 4 aromatic rings. The second-order valence-electron chi connectivity index (χ2n) is 7.39. The number of benzene rings is 3. The molecule has 0 fully saturated rings. The van der Waals surface area contributed by atoms with Crippen LogP contribution < -0.4 is 15.8 Å². The lowest BCUT2D eigenvalue weighted by molar-refractivity contribution is 0.0847. The summed E-state index contributed by atoms with van der Waals surface area (Å²) >= 11 is 0. The minimum absolute atomic E-state index is 0.349. The first-order valence-electron chi connectivity index (χ1n) is 10.1. The van der Waals surface area contributed by atoms with Gasteiger partial charge >= 0.3 is 0 Å². The van der Waals surface area contributed by atoms with E-state index in [1.54, 1.807) is 29.1 Å². The van der Waals surface area contributed by atoms with Gasteiger partial charge in [-0.3, -0.25) is 20.4 Å². The predicted octanol–water partition coefficient (Wildman–Crippen LogP) is 3.68. The molecule has 1 aromatic heterocycles. The molecule has 0 aliphatic carbocycles. The molecule has 1 heterocycles. The monoisotopic (exact) mass is 425 g/mol. The molecule has 160 valence electrons. The van der Waals surface area contributed by atoms with Crippen molar-refractivity contribution in [2.75, 3.05) is 19.0 Å². The van der Waals surface area contributed by atoms with Crippen molar-refractivity contribution in [3.63, 3.8) is 0 Å². The average Bonchev–Trinajstić information content (AvgIpc) is 3.29. The van der Waals surface area contributed by atoms with Crippen LogP contribution in [-0.2, 0) is 0 Å². The first kappa shape index (κ1) is 20.9. The van der Waals surface area contributed by atoms with E-state index in [2.05, 4.69) is 16.0 Å². The molecule has 2 N–H and O–H groups in total. The van der Waals surface area contributed by atoms with Crippen molar-refractivity contribution < 1.29 is 9.59 Å². The summed E-state index contributed by atoms with van der Waals surface area (Å²) in [7, 11) is 3.79. The molecule has 0 saturated carbocycles. The van der Waals surface area contributed by atoms with Gasteiger partial charge in [-0.05, 0) is 30.3 Å². The average molecular weight is 425 g/mol. The van der Waals surface area contributed by atoms with Crippen LogP contribution in [-0.4, -0.2) is 35.7 Å². The highest BCUT2D eigenvalue weighted by atomic mass is 16.2. The number of carbonyl (C=O) groups excluding carboxylic acids is 2. The Morgan fingerprint density at radius 3 is 2.16 bits per heavy atom. The van der Waals surface area contributed by atoms with Crippen LogP contribution in [0, 0.1) is 0 Å². The van der Waals surface area contributed by atoms with E-state index in [1.807, 2.05) is 85.7 Å². The molecule has 3 aromatic carbocycles. The van der Waals surface area contributed by atoms with Crippen molar-refractivity contribution in [3.05, 3.63) is 102 Å². The van der Waals surface area contributed by atoms with Crippen molar-refractivity contribution in [2.45, 2.75) is 0 Å². The van der Waals surface area contributed by atoms with Gasteiger partial charge in [-0.25, -0.2) is 4.68 Å². The summed E-state index contributed by atoms with van der Waals surface area (Å²) in [5, 5.41) is 4.63. The van der Waals surface area contributed by atoms with Gasteiger partial charge in [0.2, 0.25) is 0 Å². The molecule has 0 atom stereocenters. The van der Waals surface area contributed by atoms with Gasteiger partial charge in [-0.15, -0.1) is 0 Å². The van der Waals surface area contributed by atoms with E-state index < -0.39 is 11.8 Å². The van der Waals surface area contributed by atoms with Crippen LogP contribution in [0.25, 0.3) is 16.9 Å². The number of hydrogen-bond donors (Lipinski definition) is 2. The number of nitrogens with zero attached hydrogens (tertiary/aromatic N) is 3. The molecule has 0 unspecified atom stereocenters. The Hall–Kier alpha value is -4.39. The lowest BCUT2D eigenvalue weighted by atomic mass is 10.1. The largest absolute Gasteiger partial charge is 0.378 e. The number of amides is 2. The van der Waals surface area contributed by atoms with E-state index in [9.17, 15) is 9.59 Å². The lowest BCUT2D eigenvalue weighted by Crippen LogP contribution is -2.41. The third-order valence-corrected chi connectivity index (χ3v) is 4.94. The minimum Gasteiger partial charge on any atom is -0.378 e. The summed E-state index contributed by atoms with van der Waals surface area (Å²) in [5.41, 5.74) is 8.85. The Morgan fingerprint density at radius 1 is 0.812 bits per heavy atom. The number of hydrazine groups is 1. The fourth-order valence-electron chi connectivity index (χ4n) is 3.24. The number of anilines is 1. The minimum atomic E-state index is -0.455. The molecule has 0 bridgehead atoms. The molecule has 0 aliphatic rings. The first-order chi connectivity index (χ1) is 15.5. The third kappa shape index (κ3) is 4.52. The number of carbonyl (C=O) groups is 2. The quantitative estimate of drug-likeness (QED) is 0.478. The smallest absolute Gasteiger partial charge is 0.273 e. The number of hydrogen-bond acceptors (Lipinski definition) is 4. The summed E-state index contributed by atoms with van der Waals surface area (Å²) in [4.78, 5) is 27.5. The van der Waals surface area contributed by atoms with Crippen molar-refractivity contribution in [1.82, 2.24) is 20.6 Å². The van der Waals surface area contributed by atoms with E-state index in [0.717, 1.165) is 16.9 Å². The van der Waals surface area contributed by atoms with Crippen LogP contribution >= 0.6 is 0 Å². The van der Waals surface area contributed by atoms with Crippen molar-refractivity contribution >= 4 is 17.5 Å². The summed E-state index contributed by atoms with van der Waals surface area (Å²) in [6.07, 6.45) is 1.66. The molecule has 32 heavy (non-hydrogen) atoms. The number of rotatable bonds is 5. The van der Waals surface area contributed by atoms with Crippen molar-refractivity contribution in [3.8, 4) is 16.9 Å². The zero-order valence-corrected chi connectivity index (χ0v) is 17.8. The molecule has 4 rings (SSSR count). The summed E-state index contributed by atoms with van der Waals surface area (Å²) in [6, 6.07) is 26.1. The van der Waals surface area contributed by atoms with Crippen molar-refractivity contribution in [1.29, 1.82) is 0 Å². The molecular weight excluding hydrogens is 402 g/mol. The standard InChI is InChI=1S/C25H23N5O2/c1-29(2)21-15-9-12-19(16-21)24(31)26-27-25(32)22-17-30(20-13-7-4-8-14-20)28-23(22)18-10-5-3-6-11-18/h3-17H,1-2H3,(H,26,31)(H,27,32). The number of aromatic nitrogens is 2. The van der Waals surface area contributed by atoms with Gasteiger partial charge < -0.3 is 4.90 Å². The molecular formula is C25H23N5O2. The zero-order chi connectivity index (χ0) is 22.5. The van der Waals surface area contributed by atoms with Gasteiger partial charge in [0.15, 0.2) is 0 Å². The second kappa shape index (κ2) is 9.18. The lowest BCUT2D eigenvalue weighted by Gasteiger charge is -2.13. The van der Waals surface area contributed by atoms with E-state index in [0.29, 0.717) is 16.8 Å². The van der Waals surface area contributed by atoms with Crippen LogP contribution in [0.15, 0.2) is 91.1 Å². The molecule has 7 nitrogen and oxygen atoms in total. The van der Waals surface area contributed by atoms with Gasteiger partial charge in [0.1, 0.15) is 5.69 Å². The molecule has 0 spiro atoms. The maximum atomic E-state index is 13.0. The fraction of sp³-hybridized carbons (Fsp3) is 0.0800. The van der Waals surface area contributed by atoms with Gasteiger partial charge in [-0.2, -0.15) is 5.10 Å². The Balaban J connectivity index is 1.58. The van der Waals surface area contributed by atoms with Gasteiger partial charge in [-0.1, -0.05) is 54.6 Å². The van der Waals surface area contributed by atoms with E-state index in [-0.39, 0.29) is 0 Å². The van der Waals surface area contributed by atoms with E-state index >= 15 is 0 Å². The molecule has 0 saturated heterocycles. The molecule has 0 radical (unpaired) electrons. The molecule has 0 aliphatic heterocycles. The predicted molar refractivity (Wildman–Crippen MR) is 125 cm³/mol. The Labute approximate surface area is 186 Å². The maximum absolute atomic E-state index is 13.0. The van der Waals surface area contributed by atoms with Crippen LogP contribution in [0.1, 0.15) is 20.7 Å². The van der Waals surface area contributed by atoms with Crippen LogP contribution in [0.4, 0.5) is 5.69 Å². The number of nitrogens with one attached hydrogen (secondary N) is 2. The summed E-state index contributed by atoms with van der Waals surface area (Å²) in [5.74, 6) is -0.859. The van der Waals surface area contributed by atoms with Gasteiger partial charge in [0, 0.05) is 37.1 Å². The van der Waals surface area contributed by atoms with Crippen LogP contribution in [0.3, 0.4) is 0 Å². The normalized spacial score (nSPS) is 10.4. The number of para-hydroxylation sites is 1. The van der Waals surface area contributed by atoms with E-state index in [4.69, 9.17) is 0 Å². The van der Waals surface area contributed by atoms with Crippen LogP contribution in [0.2, 0.25) is 0 Å². The third-order valence-electron chi connectivity index (χ3n) is 4.94. The maximum Gasteiger partial charge on any atom is 0.273 e. The fourth-order valence-corrected chi connectivity index (χ4v) is 3.24. The summed E-state index contributed by atoms with van der Waals surface area (Å²) in [6.45, 7) is 0. The van der Waals surface area contributed by atoms with Crippen molar-refractivity contribution in [2.24, 2.45) is 0 Å². The van der Waals surface area contributed by atoms with Gasteiger partial charge in [0.25, 0.3) is 11.8 Å². The Bertz CT molecular complexity index is 1230. The Kier molecular flexibility index (Phi) is 5.98. The summed E-state index contributed by atoms with van der Waals surface area (Å²) < 4.78 is 1.65. The topological polar surface area (TPSA) is 79.3 Å². The molecule has 7 heteroatoms. The van der Waals surface area contributed by atoms with Gasteiger partial charge in [0.05, 0.1) is 11.3 Å². The highest BCUT2D eigenvalue weighted by Gasteiger charge is 2.19. The zero-order valence-electron chi connectivity index (χ0n) is 17.8. The first-order valence-corrected chi connectivity index (χ1v) is 10.1. The molecule has 2 amide bonds. The van der Waals surface area contributed by atoms with E-state index in [1.165, 1.54) is 0 Å². The highest BCUT2D eigenvalue weighted by Crippen LogP contribution is 2.23. The Morgan fingerprint density at radius 2 is 1.47 bits per heavy atom. The van der Waals surface area contributed by atoms with Crippen LogP contribution in [0.5, 0.6) is 0 Å². The highest BCUT2D eigenvalue weighted by molar-refractivity contribution is 6.02. The SMILES string of the molecule is CN(C)c1cccc(C(=O)NNC(=O)c2cn(-c3ccccc3)nc2-c2ccccc2)c1.